The molecule has 27 N–H and O–H groups in total. The normalized spacial score (nSPS) is 15.2. The number of aromatic amines is 1. The largest absolute Gasteiger partial charge is 0.391 e. The maximum Gasteiger partial charge on any atom is 0.245 e. The summed E-state index contributed by atoms with van der Waals surface area (Å²) in [4.78, 5) is 201. The fraction of sp³-hybridized carbons (Fsp3) is 0.728. The summed E-state index contributed by atoms with van der Waals surface area (Å²) in [6, 6.07) is -9.51. The van der Waals surface area contributed by atoms with Crippen LogP contribution in [0.4, 0.5) is 0 Å². The number of nitrogens with two attached hydrogens (primary N) is 6. The third kappa shape index (κ3) is 39.4. The minimum atomic E-state index is -1.76. The van der Waals surface area contributed by atoms with Crippen molar-refractivity contribution in [2.24, 2.45) is 64.0 Å². The molecule has 0 aliphatic heterocycles. The summed E-state index contributed by atoms with van der Waals surface area (Å²) in [7, 11) is 0. The average molecular weight is 1640 g/mol. The van der Waals surface area contributed by atoms with Crippen LogP contribution >= 0.6 is 0 Å². The van der Waals surface area contributed by atoms with E-state index in [9.17, 15) is 72.2 Å². The summed E-state index contributed by atoms with van der Waals surface area (Å²) in [6.07, 6.45) is 6.85. The number of para-hydroxylation sites is 1. The number of hydrogen-bond acceptors (Lipinski definition) is 20. The summed E-state index contributed by atoms with van der Waals surface area (Å²) < 4.78 is 0. The summed E-state index contributed by atoms with van der Waals surface area (Å²) in [6.45, 7) is 23.5. The molecule has 658 valence electrons. The Kier molecular flexibility index (Phi) is 49.5. The first-order chi connectivity index (χ1) is 54.8. The van der Waals surface area contributed by atoms with Gasteiger partial charge in [-0.05, 0) is 210 Å². The number of aliphatic hydroxyl groups excluding tert-OH is 1. The van der Waals surface area contributed by atoms with Gasteiger partial charge in [0.15, 0.2) is 0 Å². The maximum absolute atomic E-state index is 14.9. The van der Waals surface area contributed by atoms with E-state index in [1.807, 2.05) is 45.9 Å². The molecular formula is C81H144N20O15. The number of hydrogen-bond donors (Lipinski definition) is 21. The van der Waals surface area contributed by atoms with E-state index < -0.39 is 167 Å². The van der Waals surface area contributed by atoms with Crippen molar-refractivity contribution in [1.29, 1.82) is 0 Å². The van der Waals surface area contributed by atoms with Gasteiger partial charge in [-0.1, -0.05) is 100 Å². The van der Waals surface area contributed by atoms with Crippen molar-refractivity contribution in [3.63, 3.8) is 0 Å². The van der Waals surface area contributed by atoms with E-state index in [0.717, 1.165) is 30.2 Å². The Bertz CT molecular complexity index is 3410. The van der Waals surface area contributed by atoms with Crippen LogP contribution in [0.25, 0.3) is 10.9 Å². The van der Waals surface area contributed by atoms with E-state index >= 15 is 0 Å². The van der Waals surface area contributed by atoms with Crippen molar-refractivity contribution in [3.05, 3.63) is 36.0 Å². The van der Waals surface area contributed by atoms with E-state index in [0.29, 0.717) is 70.0 Å². The number of amides is 14. The van der Waals surface area contributed by atoms with Gasteiger partial charge in [-0.15, -0.1) is 0 Å². The molecule has 1 heterocycles. The van der Waals surface area contributed by atoms with E-state index in [1.54, 1.807) is 53.8 Å². The second-order valence-electron chi connectivity index (χ2n) is 32.6. The third-order valence-corrected chi connectivity index (χ3v) is 19.6. The molecule has 0 fully saturated rings. The number of H-pyrrole nitrogens is 1. The summed E-state index contributed by atoms with van der Waals surface area (Å²) >= 11 is 0. The number of fused-ring (bicyclic) bond motifs is 1. The van der Waals surface area contributed by atoms with Crippen molar-refractivity contribution < 1.29 is 72.2 Å². The lowest BCUT2D eigenvalue weighted by Crippen LogP contribution is -2.62. The second-order valence-corrected chi connectivity index (χ2v) is 32.6. The van der Waals surface area contributed by atoms with Crippen LogP contribution in [0, 0.1) is 29.6 Å². The van der Waals surface area contributed by atoms with Gasteiger partial charge in [0.05, 0.1) is 6.10 Å². The molecule has 0 radical (unpaired) electrons. The Labute approximate surface area is 685 Å². The van der Waals surface area contributed by atoms with Gasteiger partial charge in [-0.25, -0.2) is 0 Å². The topological polar surface area (TPSA) is 588 Å². The van der Waals surface area contributed by atoms with Gasteiger partial charge in [-0.2, -0.15) is 0 Å². The predicted octanol–water partition coefficient (Wildman–Crippen LogP) is 0.184. The van der Waals surface area contributed by atoms with Crippen molar-refractivity contribution >= 4 is 93.6 Å². The molecule has 0 spiro atoms. The molecular weight excluding hydrogens is 1490 g/mol. The van der Waals surface area contributed by atoms with Crippen LogP contribution in [0.15, 0.2) is 30.5 Å². The SMILES string of the molecule is CC(C)C[C@H](NC(=O)[C@H](C)NC(=O)CCCCCCN)C(=O)N[C@@H](Cc1c[nH]c2ccccc12)C(=O)N[C@@H](CCCCN)C(=O)N[C@H](C(=O)N[C@@H](CC(C)C)C(=O)N[C@@H](CC(C)C)C(=O)N[C@@H](CCCCN)C(=O)N[C@@H](CCCCN)C(=O)N[C@H](C(=O)N[C@@H](CC(C)C)C(=O)N[C@@H](CCCCN)C(=O)N[C@@H](C)C(N)=O)C(C)C)[C@@H](C)O. The van der Waals surface area contributed by atoms with Crippen LogP contribution < -0.4 is 104 Å². The zero-order valence-electron chi connectivity index (χ0n) is 71.1. The van der Waals surface area contributed by atoms with Gasteiger partial charge in [0.25, 0.3) is 0 Å². The molecule has 2 rings (SSSR count). The van der Waals surface area contributed by atoms with Crippen molar-refractivity contribution in [2.45, 2.75) is 316 Å². The standard InChI is InChI=1S/C81H144N20O15/c1-46(2)40-61(95-70(105)52(12)89-66(103)34-16-14-15-23-35-82)77(112)97-65(44-54-45-88-56-29-18-17-28-55(54)56)79(114)94-60(33-22-27-39-86)74(109)101-68(53(13)102)81(116)99-64(43-49(7)8)78(113)96-62(41-47(3)4)75(110)93-58(31-20-25-37-84)72(107)91-59(32-21-26-38-85)73(108)100-67(50(9)10)80(115)98-63(42-48(5)6)76(111)92-57(30-19-24-36-83)71(106)90-51(11)69(87)104/h17-18,28-29,45-53,57-65,67-68,88,102H,14-16,19-27,30-44,82-86H2,1-13H3,(H2,87,104)(H,89,103)(H,90,106)(H,91,107)(H,92,111)(H,93,110)(H,94,114)(H,95,105)(H,96,113)(H,97,112)(H,98,115)(H,99,116)(H,100,108)(H,101,109)/t51-,52-,53+,57-,58-,59-,60-,61-,62-,63-,64-,65-,67-,68-/m0/s1. The number of nitrogens with one attached hydrogen (secondary N) is 14. The Morgan fingerprint density at radius 1 is 0.336 bits per heavy atom. The summed E-state index contributed by atoms with van der Waals surface area (Å²) in [5.74, 6) is -12.0. The Hall–Kier alpha value is -8.90. The molecule has 1 aromatic heterocycles. The van der Waals surface area contributed by atoms with Crippen LogP contribution in [0.2, 0.25) is 0 Å². The highest BCUT2D eigenvalue weighted by Crippen LogP contribution is 2.21. The Morgan fingerprint density at radius 3 is 1.03 bits per heavy atom. The molecule has 2 aromatic rings. The molecule has 116 heavy (non-hydrogen) atoms. The average Bonchev–Trinajstić information content (AvgIpc) is 1.66. The highest BCUT2D eigenvalue weighted by Gasteiger charge is 2.39. The van der Waals surface area contributed by atoms with Crippen LogP contribution in [0.3, 0.4) is 0 Å². The highest BCUT2D eigenvalue weighted by molar-refractivity contribution is 6.00. The lowest BCUT2D eigenvalue weighted by Gasteiger charge is -2.30. The fourth-order valence-corrected chi connectivity index (χ4v) is 13.0. The summed E-state index contributed by atoms with van der Waals surface area (Å²) in [5.41, 5.74) is 35.8. The van der Waals surface area contributed by atoms with Crippen molar-refractivity contribution in [1.82, 2.24) is 74.1 Å². The van der Waals surface area contributed by atoms with E-state index in [1.165, 1.54) is 20.8 Å². The number of unbranched alkanes of at least 4 members (excludes halogenated alkanes) is 7. The molecule has 1 aromatic carbocycles. The van der Waals surface area contributed by atoms with Crippen LogP contribution in [-0.4, -0.2) is 210 Å². The van der Waals surface area contributed by atoms with E-state index in [2.05, 4.69) is 74.1 Å². The molecule has 0 aliphatic carbocycles. The molecule has 35 heteroatoms. The van der Waals surface area contributed by atoms with Crippen LogP contribution in [-0.2, 0) is 73.5 Å². The van der Waals surface area contributed by atoms with Crippen LogP contribution in [0.1, 0.15) is 230 Å². The second kappa shape index (κ2) is 55.7. The number of carbonyl (C=O) groups excluding carboxylic acids is 14. The predicted molar refractivity (Wildman–Crippen MR) is 446 cm³/mol. The van der Waals surface area contributed by atoms with Gasteiger partial charge in [-0.3, -0.25) is 67.1 Å². The number of aromatic nitrogens is 1. The Morgan fingerprint density at radius 2 is 0.647 bits per heavy atom. The fourth-order valence-electron chi connectivity index (χ4n) is 13.0. The highest BCUT2D eigenvalue weighted by atomic mass is 16.3. The van der Waals surface area contributed by atoms with Gasteiger partial charge in [0.1, 0.15) is 78.5 Å². The van der Waals surface area contributed by atoms with Crippen LogP contribution in [0.5, 0.6) is 0 Å². The van der Waals surface area contributed by atoms with E-state index in [4.69, 9.17) is 34.4 Å². The molecule has 0 saturated carbocycles. The molecule has 14 amide bonds. The van der Waals surface area contributed by atoms with Crippen molar-refractivity contribution in [2.75, 3.05) is 32.7 Å². The van der Waals surface area contributed by atoms with E-state index in [-0.39, 0.29) is 120 Å². The summed E-state index contributed by atoms with van der Waals surface area (Å²) in [5, 5.41) is 47.5. The molecule has 0 bridgehead atoms. The number of rotatable bonds is 60. The molecule has 35 nitrogen and oxygen atoms in total. The quantitative estimate of drug-likeness (QED) is 0.0393. The first-order valence-electron chi connectivity index (χ1n) is 41.8. The van der Waals surface area contributed by atoms with Gasteiger partial charge in [0.2, 0.25) is 82.7 Å². The molecule has 0 saturated heterocycles. The smallest absolute Gasteiger partial charge is 0.245 e. The lowest BCUT2D eigenvalue weighted by molar-refractivity contribution is -0.137. The zero-order chi connectivity index (χ0) is 87.3. The minimum absolute atomic E-state index is 0.0165. The van der Waals surface area contributed by atoms with Gasteiger partial charge >= 0.3 is 0 Å². The molecule has 14 atom stereocenters. The zero-order valence-corrected chi connectivity index (χ0v) is 71.1. The minimum Gasteiger partial charge on any atom is -0.391 e. The number of aliphatic hydroxyl groups is 1. The van der Waals surface area contributed by atoms with Gasteiger partial charge < -0.3 is 114 Å². The number of carbonyl (C=O) groups is 14. The first kappa shape index (κ1) is 103. The maximum atomic E-state index is 14.9. The third-order valence-electron chi connectivity index (χ3n) is 19.6. The lowest BCUT2D eigenvalue weighted by atomic mass is 9.98. The van der Waals surface area contributed by atoms with Gasteiger partial charge in [0, 0.05) is 29.9 Å². The monoisotopic (exact) mass is 1640 g/mol. The number of benzene rings is 1. The Balaban J connectivity index is 2.54. The first-order valence-corrected chi connectivity index (χ1v) is 41.8. The van der Waals surface area contributed by atoms with Crippen molar-refractivity contribution in [3.8, 4) is 0 Å². The number of primary amides is 1. The molecule has 0 aliphatic rings. The molecule has 0 unspecified atom stereocenters.